The van der Waals surface area contributed by atoms with Crippen LogP contribution in [0.1, 0.15) is 23.8 Å². The smallest absolute Gasteiger partial charge is 0.319 e. The van der Waals surface area contributed by atoms with E-state index in [9.17, 15) is 8.78 Å². The van der Waals surface area contributed by atoms with Crippen LogP contribution in [-0.2, 0) is 19.6 Å². The molecule has 0 aliphatic heterocycles. The third-order valence-corrected chi connectivity index (χ3v) is 4.99. The van der Waals surface area contributed by atoms with Gasteiger partial charge in [-0.15, -0.1) is 0 Å². The molecule has 29 heavy (non-hydrogen) atoms. The lowest BCUT2D eigenvalue weighted by molar-refractivity contribution is 0.0643. The fraction of sp³-hybridized carbons (Fsp3) is 0.238. The first-order valence-electron chi connectivity index (χ1n) is 9.18. The maximum Gasteiger partial charge on any atom is 0.319 e. The third kappa shape index (κ3) is 4.31. The molecule has 0 N–H and O–H groups in total. The molecule has 0 radical (unpaired) electrons. The second-order valence-electron chi connectivity index (χ2n) is 6.93. The predicted octanol–water partition coefficient (Wildman–Crippen LogP) is 4.96. The highest BCUT2D eigenvalue weighted by molar-refractivity contribution is 6.31. The zero-order chi connectivity index (χ0) is 20.4. The molecule has 0 aliphatic rings. The largest absolute Gasteiger partial charge is 0.322 e. The Bertz CT molecular complexity index is 1110. The zero-order valence-corrected chi connectivity index (χ0v) is 16.6. The number of hydrogen-bond acceptors (Lipinski definition) is 3. The summed E-state index contributed by atoms with van der Waals surface area (Å²) in [5.41, 5.74) is 2.94. The van der Waals surface area contributed by atoms with E-state index in [1.807, 2.05) is 48.3 Å². The summed E-state index contributed by atoms with van der Waals surface area (Å²) in [6.45, 7) is -1.18. The molecule has 0 fully saturated rings. The van der Waals surface area contributed by atoms with Crippen molar-refractivity contribution in [1.29, 1.82) is 0 Å². The molecule has 0 saturated heterocycles. The molecule has 2 aromatic carbocycles. The van der Waals surface area contributed by atoms with Gasteiger partial charge >= 0.3 is 6.55 Å². The number of rotatable bonds is 7. The van der Waals surface area contributed by atoms with Crippen LogP contribution in [0.5, 0.6) is 0 Å². The van der Waals surface area contributed by atoms with Gasteiger partial charge in [-0.1, -0.05) is 41.9 Å². The van der Waals surface area contributed by atoms with Crippen LogP contribution >= 0.6 is 11.6 Å². The Labute approximate surface area is 172 Å². The van der Waals surface area contributed by atoms with Crippen molar-refractivity contribution in [3.63, 3.8) is 0 Å². The molecule has 0 atom stereocenters. The van der Waals surface area contributed by atoms with Crippen LogP contribution < -0.4 is 0 Å². The molecule has 2 aromatic heterocycles. The molecule has 0 spiro atoms. The van der Waals surface area contributed by atoms with E-state index in [1.54, 1.807) is 0 Å². The number of hydrogen-bond donors (Lipinski definition) is 0. The van der Waals surface area contributed by atoms with Crippen molar-refractivity contribution in [1.82, 2.24) is 24.0 Å². The number of aromatic nitrogens is 4. The van der Waals surface area contributed by atoms with E-state index in [-0.39, 0.29) is 6.54 Å². The summed E-state index contributed by atoms with van der Waals surface area (Å²) in [7, 11) is 1.86. The lowest BCUT2D eigenvalue weighted by Crippen LogP contribution is -2.22. The summed E-state index contributed by atoms with van der Waals surface area (Å²) in [6, 6.07) is 15.8. The Kier molecular flexibility index (Phi) is 5.60. The van der Waals surface area contributed by atoms with Crippen LogP contribution in [-0.4, -0.2) is 31.0 Å². The summed E-state index contributed by atoms with van der Waals surface area (Å²) >= 11 is 6.15. The summed E-state index contributed by atoms with van der Waals surface area (Å²) in [5, 5.41) is 0.626. The Hall–Kier alpha value is -2.77. The number of fused-ring (bicyclic) bond motifs is 1. The molecule has 0 amide bonds. The van der Waals surface area contributed by atoms with Gasteiger partial charge in [0.15, 0.2) is 0 Å². The van der Waals surface area contributed by atoms with Gasteiger partial charge in [-0.25, -0.2) is 9.97 Å². The van der Waals surface area contributed by atoms with Crippen LogP contribution in [0.4, 0.5) is 8.78 Å². The number of benzene rings is 2. The Morgan fingerprint density at radius 1 is 1.07 bits per heavy atom. The molecule has 0 bridgehead atoms. The average Bonchev–Trinajstić information content (AvgIpc) is 3.27. The normalized spacial score (nSPS) is 11.8. The molecule has 150 valence electrons. The molecule has 2 heterocycles. The highest BCUT2D eigenvalue weighted by Crippen LogP contribution is 2.23. The number of halogens is 3. The molecule has 8 heteroatoms. The highest BCUT2D eigenvalue weighted by Gasteiger charge is 2.17. The van der Waals surface area contributed by atoms with Gasteiger partial charge in [0.1, 0.15) is 11.6 Å². The van der Waals surface area contributed by atoms with Crippen LogP contribution in [0.25, 0.3) is 11.0 Å². The van der Waals surface area contributed by atoms with Gasteiger partial charge in [0.05, 0.1) is 24.1 Å². The summed E-state index contributed by atoms with van der Waals surface area (Å²) in [4.78, 5) is 10.7. The Balaban J connectivity index is 1.63. The standard InChI is InChI=1S/C21H20ClF2N5/c1-27(13-19-25-9-10-28(19)21(23)24)14-20-26-17-11-16(22)7-8-18(17)29(20)12-15-5-3-2-4-6-15/h2-11,21H,12-14H2,1H3. The van der Waals surface area contributed by atoms with Gasteiger partial charge in [-0.2, -0.15) is 8.78 Å². The van der Waals surface area contributed by atoms with E-state index in [1.165, 1.54) is 12.4 Å². The van der Waals surface area contributed by atoms with Crippen molar-refractivity contribution in [3.05, 3.63) is 83.2 Å². The summed E-state index contributed by atoms with van der Waals surface area (Å²) in [5.74, 6) is 1.15. The molecule has 0 saturated carbocycles. The van der Waals surface area contributed by atoms with Crippen LogP contribution in [0.3, 0.4) is 0 Å². The second kappa shape index (κ2) is 8.31. The molecule has 0 aliphatic carbocycles. The first-order valence-corrected chi connectivity index (χ1v) is 9.56. The first kappa shape index (κ1) is 19.5. The van der Waals surface area contributed by atoms with Gasteiger partial charge in [0.25, 0.3) is 0 Å². The monoisotopic (exact) mass is 415 g/mol. The maximum absolute atomic E-state index is 13.1. The van der Waals surface area contributed by atoms with E-state index < -0.39 is 6.55 Å². The molecule has 4 rings (SSSR count). The van der Waals surface area contributed by atoms with Crippen molar-refractivity contribution in [2.75, 3.05) is 7.05 Å². The van der Waals surface area contributed by atoms with Gasteiger partial charge in [0, 0.05) is 24.0 Å². The lowest BCUT2D eigenvalue weighted by atomic mass is 10.2. The Morgan fingerprint density at radius 2 is 1.83 bits per heavy atom. The van der Waals surface area contributed by atoms with Gasteiger partial charge in [-0.05, 0) is 30.8 Å². The number of imidazole rings is 2. The van der Waals surface area contributed by atoms with Crippen molar-refractivity contribution >= 4 is 22.6 Å². The summed E-state index contributed by atoms with van der Waals surface area (Å²) in [6.07, 6.45) is 2.68. The number of nitrogens with zero attached hydrogens (tertiary/aromatic N) is 5. The fourth-order valence-electron chi connectivity index (χ4n) is 3.40. The topological polar surface area (TPSA) is 38.9 Å². The number of alkyl halides is 2. The van der Waals surface area contributed by atoms with Crippen LogP contribution in [0.15, 0.2) is 60.9 Å². The van der Waals surface area contributed by atoms with Crippen molar-refractivity contribution in [2.45, 2.75) is 26.2 Å². The van der Waals surface area contributed by atoms with Gasteiger partial charge in [0.2, 0.25) is 0 Å². The van der Waals surface area contributed by atoms with Crippen molar-refractivity contribution in [3.8, 4) is 0 Å². The fourth-order valence-corrected chi connectivity index (χ4v) is 3.57. The second-order valence-corrected chi connectivity index (χ2v) is 7.37. The minimum atomic E-state index is -2.61. The van der Waals surface area contributed by atoms with Gasteiger partial charge < -0.3 is 4.57 Å². The summed E-state index contributed by atoms with van der Waals surface area (Å²) < 4.78 is 29.2. The van der Waals surface area contributed by atoms with Crippen molar-refractivity contribution < 1.29 is 8.78 Å². The van der Waals surface area contributed by atoms with Gasteiger partial charge in [-0.3, -0.25) is 9.47 Å². The SMILES string of the molecule is CN(Cc1nccn1C(F)F)Cc1nc2cc(Cl)ccc2n1Cc1ccccc1. The van der Waals surface area contributed by atoms with E-state index in [0.717, 1.165) is 27.0 Å². The Morgan fingerprint density at radius 3 is 2.59 bits per heavy atom. The third-order valence-electron chi connectivity index (χ3n) is 4.75. The van der Waals surface area contributed by atoms with E-state index >= 15 is 0 Å². The highest BCUT2D eigenvalue weighted by atomic mass is 35.5. The average molecular weight is 416 g/mol. The molecule has 5 nitrogen and oxygen atoms in total. The lowest BCUT2D eigenvalue weighted by Gasteiger charge is -2.18. The minimum Gasteiger partial charge on any atom is -0.322 e. The maximum atomic E-state index is 13.1. The van der Waals surface area contributed by atoms with Crippen LogP contribution in [0, 0.1) is 0 Å². The van der Waals surface area contributed by atoms with Crippen LogP contribution in [0.2, 0.25) is 5.02 Å². The molecular weight excluding hydrogens is 396 g/mol. The zero-order valence-electron chi connectivity index (χ0n) is 15.8. The minimum absolute atomic E-state index is 0.284. The molecular formula is C21H20ClF2N5. The molecule has 0 unspecified atom stereocenters. The van der Waals surface area contributed by atoms with Crippen molar-refractivity contribution in [2.24, 2.45) is 0 Å². The first-order chi connectivity index (χ1) is 14.0. The quantitative estimate of drug-likeness (QED) is 0.428. The van der Waals surface area contributed by atoms with E-state index in [0.29, 0.717) is 23.9 Å². The van der Waals surface area contributed by atoms with E-state index in [4.69, 9.17) is 16.6 Å². The predicted molar refractivity (Wildman–Crippen MR) is 109 cm³/mol. The molecule has 4 aromatic rings. The van der Waals surface area contributed by atoms with E-state index in [2.05, 4.69) is 21.7 Å².